The number of piperidine rings is 1. The second kappa shape index (κ2) is 7.10. The van der Waals surface area contributed by atoms with E-state index in [1.54, 1.807) is 6.07 Å². The highest BCUT2D eigenvalue weighted by Gasteiger charge is 2.29. The summed E-state index contributed by atoms with van der Waals surface area (Å²) in [5.74, 6) is 0.674. The molecule has 4 rings (SSSR count). The molecule has 0 radical (unpaired) electrons. The molecule has 2 heterocycles. The highest BCUT2D eigenvalue weighted by Crippen LogP contribution is 2.40. The van der Waals surface area contributed by atoms with Gasteiger partial charge < -0.3 is 10.2 Å². The summed E-state index contributed by atoms with van der Waals surface area (Å²) in [4.78, 5) is 13.6. The number of nitrogens with one attached hydrogen (secondary N) is 1. The predicted molar refractivity (Wildman–Crippen MR) is 108 cm³/mol. The molecule has 146 valence electrons. The van der Waals surface area contributed by atoms with Gasteiger partial charge in [-0.2, -0.15) is 0 Å². The summed E-state index contributed by atoms with van der Waals surface area (Å²) in [6, 6.07) is 7.69. The lowest BCUT2D eigenvalue weighted by molar-refractivity contribution is -0.382. The van der Waals surface area contributed by atoms with Crippen molar-refractivity contribution in [3.63, 3.8) is 0 Å². The van der Waals surface area contributed by atoms with Gasteiger partial charge in [0.15, 0.2) is 5.52 Å². The Labute approximate surface area is 162 Å². The molecular weight excluding hydrogens is 358 g/mol. The zero-order valence-electron chi connectivity index (χ0n) is 16.2. The van der Waals surface area contributed by atoms with E-state index >= 15 is 0 Å². The lowest BCUT2D eigenvalue weighted by Gasteiger charge is -2.32. The van der Waals surface area contributed by atoms with E-state index in [0.717, 1.165) is 42.9 Å². The van der Waals surface area contributed by atoms with Crippen LogP contribution >= 0.6 is 0 Å². The Morgan fingerprint density at radius 2 is 1.86 bits per heavy atom. The maximum absolute atomic E-state index is 11.8. The van der Waals surface area contributed by atoms with Crippen molar-refractivity contribution in [2.75, 3.05) is 23.3 Å². The quantitative estimate of drug-likeness (QED) is 0.515. The van der Waals surface area contributed by atoms with E-state index in [0.29, 0.717) is 17.1 Å². The van der Waals surface area contributed by atoms with Crippen LogP contribution in [-0.4, -0.2) is 28.3 Å². The van der Waals surface area contributed by atoms with Gasteiger partial charge in [0.1, 0.15) is 5.69 Å². The van der Waals surface area contributed by atoms with Crippen LogP contribution < -0.4 is 10.2 Å². The molecule has 1 saturated heterocycles. The Hall–Kier alpha value is -3.16. The lowest BCUT2D eigenvalue weighted by Crippen LogP contribution is -2.33. The van der Waals surface area contributed by atoms with Gasteiger partial charge in [0.25, 0.3) is 0 Å². The molecule has 1 aliphatic heterocycles. The molecule has 8 heteroatoms. The van der Waals surface area contributed by atoms with Crippen LogP contribution in [-0.2, 0) is 0 Å². The Kier molecular flexibility index (Phi) is 4.62. The fraction of sp³-hybridized carbons (Fsp3) is 0.400. The molecule has 1 fully saturated rings. The number of benzene rings is 2. The Morgan fingerprint density at radius 1 is 1.14 bits per heavy atom. The van der Waals surface area contributed by atoms with Crippen molar-refractivity contribution in [1.82, 2.24) is 10.3 Å². The lowest BCUT2D eigenvalue weighted by atomic mass is 9.98. The van der Waals surface area contributed by atoms with E-state index in [1.165, 1.54) is 5.56 Å². The molecule has 0 unspecified atom stereocenters. The van der Waals surface area contributed by atoms with Crippen molar-refractivity contribution >= 4 is 33.8 Å². The van der Waals surface area contributed by atoms with Crippen molar-refractivity contribution < 1.29 is 9.55 Å². The summed E-state index contributed by atoms with van der Waals surface area (Å²) in [6.07, 6.45) is 2.15. The first-order chi connectivity index (χ1) is 13.4. The molecule has 0 spiro atoms. The number of hydrogen-bond acceptors (Lipinski definition) is 7. The first kappa shape index (κ1) is 18.2. The summed E-state index contributed by atoms with van der Waals surface area (Å²) in [5.41, 5.74) is 4.77. The minimum atomic E-state index is -0.433. The maximum atomic E-state index is 11.8. The first-order valence-corrected chi connectivity index (χ1v) is 9.47. The van der Waals surface area contributed by atoms with Gasteiger partial charge in [-0.1, -0.05) is 13.0 Å². The predicted octanol–water partition coefficient (Wildman–Crippen LogP) is 4.73. The average Bonchev–Trinajstić information content (AvgIpc) is 3.14. The highest BCUT2D eigenvalue weighted by molar-refractivity contribution is 6.00. The number of nitrogens with zero attached hydrogens (tertiary/aromatic N) is 4. The smallest absolute Gasteiger partial charge is 0.324 e. The van der Waals surface area contributed by atoms with Crippen molar-refractivity contribution in [3.05, 3.63) is 45.5 Å². The number of fused-ring (bicyclic) bond motifs is 1. The van der Waals surface area contributed by atoms with E-state index in [-0.39, 0.29) is 11.2 Å². The van der Waals surface area contributed by atoms with Crippen LogP contribution in [0.2, 0.25) is 0 Å². The maximum Gasteiger partial charge on any atom is 0.324 e. The molecule has 0 amide bonds. The standard InChI is InChI=1S/C20H23N5O3/c1-12-6-8-24(9-7-12)17-11-16(21-15-5-4-13(2)14(3)10-15)20(25(26)27)19-18(17)22-28-23-19/h4-5,10-12,21H,6-9H2,1-3H3. The van der Waals surface area contributed by atoms with E-state index in [1.807, 2.05) is 32.0 Å². The molecule has 0 bridgehead atoms. The molecule has 3 aromatic rings. The molecule has 0 atom stereocenters. The molecule has 8 nitrogen and oxygen atoms in total. The van der Waals surface area contributed by atoms with Crippen LogP contribution in [0.4, 0.5) is 22.7 Å². The van der Waals surface area contributed by atoms with Crippen LogP contribution in [0.15, 0.2) is 28.9 Å². The van der Waals surface area contributed by atoms with Gasteiger partial charge in [-0.3, -0.25) is 10.1 Å². The van der Waals surface area contributed by atoms with Crippen molar-refractivity contribution in [2.24, 2.45) is 5.92 Å². The molecule has 0 saturated carbocycles. The highest BCUT2D eigenvalue weighted by atomic mass is 16.6. The number of nitro groups is 1. The third kappa shape index (κ3) is 3.26. The number of rotatable bonds is 4. The van der Waals surface area contributed by atoms with Gasteiger partial charge >= 0.3 is 5.69 Å². The zero-order valence-corrected chi connectivity index (χ0v) is 16.2. The molecule has 1 aliphatic rings. The number of aromatic nitrogens is 2. The largest absolute Gasteiger partial charge is 0.370 e. The van der Waals surface area contributed by atoms with Crippen LogP contribution in [0.5, 0.6) is 0 Å². The fourth-order valence-electron chi connectivity index (χ4n) is 3.66. The number of hydrogen-bond donors (Lipinski definition) is 1. The summed E-state index contributed by atoms with van der Waals surface area (Å²) < 4.78 is 4.89. The summed E-state index contributed by atoms with van der Waals surface area (Å²) in [6.45, 7) is 8.05. The van der Waals surface area contributed by atoms with E-state index in [4.69, 9.17) is 4.63 Å². The van der Waals surface area contributed by atoms with Gasteiger partial charge in [-0.25, -0.2) is 4.63 Å². The normalized spacial score (nSPS) is 15.2. The van der Waals surface area contributed by atoms with Crippen LogP contribution in [0.1, 0.15) is 30.9 Å². The molecule has 1 N–H and O–H groups in total. The number of anilines is 3. The molecule has 28 heavy (non-hydrogen) atoms. The minimum absolute atomic E-state index is 0.122. The minimum Gasteiger partial charge on any atom is -0.370 e. The average molecular weight is 381 g/mol. The molecule has 1 aromatic heterocycles. The third-order valence-electron chi connectivity index (χ3n) is 5.58. The van der Waals surface area contributed by atoms with Crippen molar-refractivity contribution in [1.29, 1.82) is 0 Å². The molecule has 2 aromatic carbocycles. The van der Waals surface area contributed by atoms with Crippen molar-refractivity contribution in [2.45, 2.75) is 33.6 Å². The number of nitro benzene ring substituents is 1. The van der Waals surface area contributed by atoms with Gasteiger partial charge in [0.05, 0.1) is 10.6 Å². The third-order valence-corrected chi connectivity index (χ3v) is 5.58. The second-order valence-electron chi connectivity index (χ2n) is 7.60. The van der Waals surface area contributed by atoms with Gasteiger partial charge in [0, 0.05) is 18.8 Å². The Morgan fingerprint density at radius 3 is 2.54 bits per heavy atom. The van der Waals surface area contributed by atoms with Gasteiger partial charge in [-0.15, -0.1) is 0 Å². The van der Waals surface area contributed by atoms with Crippen LogP contribution in [0.3, 0.4) is 0 Å². The summed E-state index contributed by atoms with van der Waals surface area (Å²) >= 11 is 0. The topological polar surface area (TPSA) is 97.3 Å². The van der Waals surface area contributed by atoms with E-state index < -0.39 is 4.92 Å². The summed E-state index contributed by atoms with van der Waals surface area (Å²) in [5, 5.41) is 22.9. The fourth-order valence-corrected chi connectivity index (χ4v) is 3.66. The monoisotopic (exact) mass is 381 g/mol. The Bertz CT molecular complexity index is 1040. The van der Waals surface area contributed by atoms with E-state index in [9.17, 15) is 10.1 Å². The Balaban J connectivity index is 1.82. The van der Waals surface area contributed by atoms with Gasteiger partial charge in [-0.05, 0) is 72.2 Å². The number of aryl methyl sites for hydroxylation is 2. The zero-order chi connectivity index (χ0) is 19.8. The molecular formula is C20H23N5O3. The van der Waals surface area contributed by atoms with Gasteiger partial charge in [0.2, 0.25) is 5.52 Å². The second-order valence-corrected chi connectivity index (χ2v) is 7.60. The van der Waals surface area contributed by atoms with E-state index in [2.05, 4.69) is 27.5 Å². The summed E-state index contributed by atoms with van der Waals surface area (Å²) in [7, 11) is 0. The van der Waals surface area contributed by atoms with Crippen LogP contribution in [0, 0.1) is 29.9 Å². The molecule has 0 aliphatic carbocycles. The SMILES string of the molecule is Cc1ccc(Nc2cc(N3CCC(C)CC3)c3nonc3c2[N+](=O)[O-])cc1C. The van der Waals surface area contributed by atoms with Crippen molar-refractivity contribution in [3.8, 4) is 0 Å². The van der Waals surface area contributed by atoms with Crippen LogP contribution in [0.25, 0.3) is 11.0 Å². The first-order valence-electron chi connectivity index (χ1n) is 9.47.